The second-order valence-corrected chi connectivity index (χ2v) is 4.97. The van der Waals surface area contributed by atoms with Crippen LogP contribution in [0.15, 0.2) is 22.7 Å². The minimum atomic E-state index is 0.493. The lowest BCUT2D eigenvalue weighted by Gasteiger charge is -2.09. The lowest BCUT2D eigenvalue weighted by Crippen LogP contribution is -2.10. The molecule has 0 aliphatic carbocycles. The molecule has 17 heavy (non-hydrogen) atoms. The van der Waals surface area contributed by atoms with E-state index in [0.29, 0.717) is 30.4 Å². The molecule has 0 bridgehead atoms. The van der Waals surface area contributed by atoms with Gasteiger partial charge in [0.25, 0.3) is 0 Å². The number of hydrogen-bond donors (Lipinski definition) is 0. The molecule has 0 heterocycles. The molecular weight excluding hydrogens is 284 g/mol. The molecule has 94 valence electrons. The van der Waals surface area contributed by atoms with Crippen molar-refractivity contribution < 1.29 is 14.3 Å². The van der Waals surface area contributed by atoms with Gasteiger partial charge in [0.2, 0.25) is 0 Å². The van der Waals surface area contributed by atoms with Crippen LogP contribution in [0.25, 0.3) is 0 Å². The Hall–Kier alpha value is -0.870. The number of carbonyl (C=O) groups is 1. The lowest BCUT2D eigenvalue weighted by molar-refractivity contribution is 0.0818. The largest absolute Gasteiger partial charge is 0.491 e. The standard InChI is InChI=1S/C13H17BrO3/c1-10(2)9-16-5-6-17-12-3-4-13(14)11(7-12)8-15/h3-4,7-8,10H,5-6,9H2,1-2H3. The van der Waals surface area contributed by atoms with Crippen molar-refractivity contribution >= 4 is 22.2 Å². The Kier molecular flexibility index (Phi) is 6.22. The summed E-state index contributed by atoms with van der Waals surface area (Å²) in [6, 6.07) is 5.33. The van der Waals surface area contributed by atoms with E-state index in [4.69, 9.17) is 9.47 Å². The van der Waals surface area contributed by atoms with Crippen molar-refractivity contribution in [2.24, 2.45) is 5.92 Å². The van der Waals surface area contributed by atoms with Gasteiger partial charge in [0, 0.05) is 16.6 Å². The van der Waals surface area contributed by atoms with Crippen LogP contribution in [-0.2, 0) is 4.74 Å². The van der Waals surface area contributed by atoms with Gasteiger partial charge in [0.15, 0.2) is 6.29 Å². The first-order chi connectivity index (χ1) is 8.13. The van der Waals surface area contributed by atoms with E-state index < -0.39 is 0 Å². The Balaban J connectivity index is 2.34. The van der Waals surface area contributed by atoms with E-state index in [1.54, 1.807) is 12.1 Å². The van der Waals surface area contributed by atoms with Crippen molar-refractivity contribution in [2.75, 3.05) is 19.8 Å². The summed E-state index contributed by atoms with van der Waals surface area (Å²) in [5, 5.41) is 0. The Morgan fingerprint density at radius 2 is 2.12 bits per heavy atom. The molecular formula is C13H17BrO3. The molecule has 4 heteroatoms. The molecule has 0 saturated heterocycles. The van der Waals surface area contributed by atoms with E-state index in [0.717, 1.165) is 17.4 Å². The number of aldehydes is 1. The smallest absolute Gasteiger partial charge is 0.151 e. The summed E-state index contributed by atoms with van der Waals surface area (Å²) in [4.78, 5) is 10.7. The van der Waals surface area contributed by atoms with E-state index in [1.165, 1.54) is 0 Å². The van der Waals surface area contributed by atoms with Gasteiger partial charge < -0.3 is 9.47 Å². The van der Waals surface area contributed by atoms with E-state index in [1.807, 2.05) is 6.07 Å². The lowest BCUT2D eigenvalue weighted by atomic mass is 10.2. The first-order valence-corrected chi connectivity index (χ1v) is 6.38. The van der Waals surface area contributed by atoms with Crippen LogP contribution in [0.5, 0.6) is 5.75 Å². The molecule has 1 rings (SSSR count). The van der Waals surface area contributed by atoms with Gasteiger partial charge in [-0.05, 0) is 24.1 Å². The van der Waals surface area contributed by atoms with E-state index in [2.05, 4.69) is 29.8 Å². The van der Waals surface area contributed by atoms with Crippen molar-refractivity contribution in [1.29, 1.82) is 0 Å². The summed E-state index contributed by atoms with van der Waals surface area (Å²) >= 11 is 3.29. The van der Waals surface area contributed by atoms with Crippen LogP contribution in [0.2, 0.25) is 0 Å². The molecule has 0 saturated carbocycles. The number of halogens is 1. The molecule has 0 aromatic heterocycles. The third-order valence-electron chi connectivity index (χ3n) is 2.04. The molecule has 0 atom stereocenters. The maximum Gasteiger partial charge on any atom is 0.151 e. The van der Waals surface area contributed by atoms with Gasteiger partial charge >= 0.3 is 0 Å². The summed E-state index contributed by atoms with van der Waals surface area (Å²) in [6.07, 6.45) is 0.798. The molecule has 0 unspecified atom stereocenters. The van der Waals surface area contributed by atoms with Crippen LogP contribution in [0.3, 0.4) is 0 Å². The average Bonchev–Trinajstić information content (AvgIpc) is 2.30. The van der Waals surface area contributed by atoms with Gasteiger partial charge in [-0.25, -0.2) is 0 Å². The number of carbonyl (C=O) groups excluding carboxylic acids is 1. The number of benzene rings is 1. The van der Waals surface area contributed by atoms with E-state index >= 15 is 0 Å². The highest BCUT2D eigenvalue weighted by Crippen LogP contribution is 2.20. The van der Waals surface area contributed by atoms with Crippen molar-refractivity contribution in [3.63, 3.8) is 0 Å². The van der Waals surface area contributed by atoms with Crippen molar-refractivity contribution in [2.45, 2.75) is 13.8 Å². The normalized spacial score (nSPS) is 10.6. The van der Waals surface area contributed by atoms with E-state index in [-0.39, 0.29) is 0 Å². The van der Waals surface area contributed by atoms with Gasteiger partial charge in [0.05, 0.1) is 6.61 Å². The van der Waals surface area contributed by atoms with Crippen molar-refractivity contribution in [3.05, 3.63) is 28.2 Å². The quantitative estimate of drug-likeness (QED) is 0.572. The zero-order chi connectivity index (χ0) is 12.7. The highest BCUT2D eigenvalue weighted by Gasteiger charge is 2.01. The second kappa shape index (κ2) is 7.45. The molecule has 0 aliphatic rings. The predicted octanol–water partition coefficient (Wildman–Crippen LogP) is 3.31. The van der Waals surface area contributed by atoms with E-state index in [9.17, 15) is 4.79 Å². The summed E-state index contributed by atoms with van der Waals surface area (Å²) in [5.74, 6) is 1.22. The fourth-order valence-corrected chi connectivity index (χ4v) is 1.58. The van der Waals surface area contributed by atoms with Crippen LogP contribution in [0, 0.1) is 5.92 Å². The maximum absolute atomic E-state index is 10.7. The number of hydrogen-bond acceptors (Lipinski definition) is 3. The average molecular weight is 301 g/mol. The molecule has 0 N–H and O–H groups in total. The molecule has 1 aromatic rings. The first kappa shape index (κ1) is 14.2. The SMILES string of the molecule is CC(C)COCCOc1ccc(Br)c(C=O)c1. The zero-order valence-corrected chi connectivity index (χ0v) is 11.7. The van der Waals surface area contributed by atoms with Crippen LogP contribution in [-0.4, -0.2) is 26.1 Å². The molecule has 3 nitrogen and oxygen atoms in total. The Morgan fingerprint density at radius 3 is 2.76 bits per heavy atom. The number of rotatable bonds is 7. The van der Waals surface area contributed by atoms with Crippen molar-refractivity contribution in [3.8, 4) is 5.75 Å². The summed E-state index contributed by atoms with van der Waals surface area (Å²) < 4.78 is 11.6. The fourth-order valence-electron chi connectivity index (χ4n) is 1.24. The van der Waals surface area contributed by atoms with Gasteiger partial charge in [0.1, 0.15) is 12.4 Å². The number of ether oxygens (including phenoxy) is 2. The Labute approximate surface area is 110 Å². The highest BCUT2D eigenvalue weighted by atomic mass is 79.9. The molecule has 0 aliphatic heterocycles. The maximum atomic E-state index is 10.7. The summed E-state index contributed by atoms with van der Waals surface area (Å²) in [7, 11) is 0. The van der Waals surface area contributed by atoms with Crippen LogP contribution >= 0.6 is 15.9 Å². The van der Waals surface area contributed by atoms with Crippen molar-refractivity contribution in [1.82, 2.24) is 0 Å². The van der Waals surface area contributed by atoms with Crippen LogP contribution in [0.4, 0.5) is 0 Å². The first-order valence-electron chi connectivity index (χ1n) is 5.58. The minimum absolute atomic E-state index is 0.493. The summed E-state index contributed by atoms with van der Waals surface area (Å²) in [5.41, 5.74) is 0.589. The predicted molar refractivity (Wildman–Crippen MR) is 70.7 cm³/mol. The van der Waals surface area contributed by atoms with Gasteiger partial charge in [-0.15, -0.1) is 0 Å². The molecule has 0 fully saturated rings. The van der Waals surface area contributed by atoms with Crippen LogP contribution in [0.1, 0.15) is 24.2 Å². The summed E-state index contributed by atoms with van der Waals surface area (Å²) in [6.45, 7) is 6.00. The monoisotopic (exact) mass is 300 g/mol. The van der Waals surface area contributed by atoms with Gasteiger partial charge in [-0.1, -0.05) is 29.8 Å². The van der Waals surface area contributed by atoms with Crippen LogP contribution < -0.4 is 4.74 Å². The fraction of sp³-hybridized carbons (Fsp3) is 0.462. The van der Waals surface area contributed by atoms with Gasteiger partial charge in [-0.2, -0.15) is 0 Å². The highest BCUT2D eigenvalue weighted by molar-refractivity contribution is 9.10. The molecule has 0 spiro atoms. The molecule has 1 aromatic carbocycles. The zero-order valence-electron chi connectivity index (χ0n) is 10.1. The Morgan fingerprint density at radius 1 is 1.35 bits per heavy atom. The molecule has 0 amide bonds. The van der Waals surface area contributed by atoms with Gasteiger partial charge in [-0.3, -0.25) is 4.79 Å². The third-order valence-corrected chi connectivity index (χ3v) is 2.76. The minimum Gasteiger partial charge on any atom is -0.491 e. The Bertz CT molecular complexity index is 364. The second-order valence-electron chi connectivity index (χ2n) is 4.12. The third kappa shape index (κ3) is 5.33. The molecule has 0 radical (unpaired) electrons. The topological polar surface area (TPSA) is 35.5 Å².